The Balaban J connectivity index is 2.66. The van der Waals surface area contributed by atoms with Crippen molar-refractivity contribution in [3.05, 3.63) is 0 Å². The molecule has 7 nitrogen and oxygen atoms in total. The van der Waals surface area contributed by atoms with Crippen LogP contribution in [0.15, 0.2) is 0 Å². The van der Waals surface area contributed by atoms with E-state index in [1.165, 1.54) is 12.5 Å². The van der Waals surface area contributed by atoms with Crippen molar-refractivity contribution in [2.75, 3.05) is 27.9 Å². The summed E-state index contributed by atoms with van der Waals surface area (Å²) in [5, 5.41) is 0. The zero-order chi connectivity index (χ0) is 19.6. The fraction of sp³-hybridized carbons (Fsp3) is 1.00. The summed E-state index contributed by atoms with van der Waals surface area (Å²) in [6.45, 7) is 9.41. The molecule has 0 aromatic carbocycles. The molecule has 1 heterocycles. The van der Waals surface area contributed by atoms with E-state index in [1.54, 1.807) is 21.3 Å². The minimum Gasteiger partial charge on any atom is -0.441 e. The zero-order valence-electron chi connectivity index (χ0n) is 17.5. The van der Waals surface area contributed by atoms with Gasteiger partial charge in [-0.25, -0.2) is 0 Å². The Hall–Kier alpha value is 0.804. The van der Waals surface area contributed by atoms with Crippen molar-refractivity contribution in [2.45, 2.75) is 63.6 Å². The van der Waals surface area contributed by atoms with E-state index < -0.39 is 45.0 Å². The number of rotatable bonds is 7. The van der Waals surface area contributed by atoms with Gasteiger partial charge in [-0.1, -0.05) is 6.42 Å². The van der Waals surface area contributed by atoms with Gasteiger partial charge in [0.05, 0.1) is 0 Å². The van der Waals surface area contributed by atoms with Crippen molar-refractivity contribution in [1.82, 2.24) is 0 Å². The second-order valence-corrected chi connectivity index (χ2v) is 20.7. The molecule has 1 saturated heterocycles. The molecule has 1 fully saturated rings. The van der Waals surface area contributed by atoms with Gasteiger partial charge in [0, 0.05) is 34.0 Å². The molecule has 0 saturated carbocycles. The van der Waals surface area contributed by atoms with Crippen molar-refractivity contribution in [1.29, 1.82) is 0 Å². The first-order valence-corrected chi connectivity index (χ1v) is 20.7. The molecule has 0 amide bonds. The zero-order valence-corrected chi connectivity index (χ0v) is 23.0. The van der Waals surface area contributed by atoms with Crippen LogP contribution in [0.5, 0.6) is 0 Å². The highest BCUT2D eigenvalue weighted by atomic mass is 28.5. The molecule has 0 radical (unpaired) electrons. The summed E-state index contributed by atoms with van der Waals surface area (Å²) in [7, 11) is -4.31. The maximum atomic E-state index is 6.43. The topological polar surface area (TPSA) is 64.6 Å². The van der Waals surface area contributed by atoms with Crippen LogP contribution in [-0.2, 0) is 30.0 Å². The predicted molar refractivity (Wildman–Crippen MR) is 115 cm³/mol. The molecule has 1 aliphatic heterocycles. The van der Waals surface area contributed by atoms with Crippen molar-refractivity contribution in [2.24, 2.45) is 0 Å². The largest absolute Gasteiger partial charge is 0.500 e. The third-order valence-corrected chi connectivity index (χ3v) is 20.6. The molecule has 0 bridgehead atoms. The maximum absolute atomic E-state index is 6.43. The van der Waals surface area contributed by atoms with Crippen LogP contribution in [0.25, 0.3) is 0 Å². The van der Waals surface area contributed by atoms with E-state index >= 15 is 0 Å². The van der Waals surface area contributed by atoms with Gasteiger partial charge in [0.2, 0.25) is 0 Å². The van der Waals surface area contributed by atoms with E-state index in [1.807, 2.05) is 0 Å². The van der Waals surface area contributed by atoms with Crippen LogP contribution < -0.4 is 0 Å². The van der Waals surface area contributed by atoms with Crippen LogP contribution in [0.4, 0.5) is 0 Å². The van der Waals surface area contributed by atoms with Crippen LogP contribution in [0, 0.1) is 0 Å². The van der Waals surface area contributed by atoms with E-state index in [-0.39, 0.29) is 0 Å². The molecule has 0 aromatic heterocycles. The van der Waals surface area contributed by atoms with Gasteiger partial charge < -0.3 is 30.0 Å². The van der Waals surface area contributed by atoms with Crippen LogP contribution in [0.1, 0.15) is 19.3 Å². The van der Waals surface area contributed by atoms with Crippen LogP contribution in [0.2, 0.25) is 44.3 Å². The molecule has 4 atom stereocenters. The Morgan fingerprint density at radius 3 is 2.23 bits per heavy atom. The monoisotopic (exact) mass is 458 g/mol. The summed E-state index contributed by atoms with van der Waals surface area (Å²) in [5.41, 5.74) is 0. The molecular weight excluding hydrogens is 421 g/mol. The number of hydrogen-bond donors (Lipinski definition) is 0. The maximum Gasteiger partial charge on any atom is 0.500 e. The van der Waals surface area contributed by atoms with Crippen molar-refractivity contribution in [3.63, 3.8) is 0 Å². The van der Waals surface area contributed by atoms with Crippen molar-refractivity contribution < 1.29 is 30.0 Å². The van der Waals surface area contributed by atoms with Gasteiger partial charge >= 0.3 is 17.4 Å². The van der Waals surface area contributed by atoms with E-state index in [0.717, 1.165) is 31.5 Å². The molecule has 0 spiro atoms. The summed E-state index contributed by atoms with van der Waals surface area (Å²) in [5.74, 6) is 0. The lowest BCUT2D eigenvalue weighted by Crippen LogP contribution is -2.47. The van der Waals surface area contributed by atoms with Gasteiger partial charge in [-0.3, -0.25) is 0 Å². The smallest absolute Gasteiger partial charge is 0.441 e. The summed E-state index contributed by atoms with van der Waals surface area (Å²) in [6, 6.07) is 2.85. The van der Waals surface area contributed by atoms with E-state index in [0.29, 0.717) is 0 Å². The molecule has 0 aromatic rings. The fourth-order valence-corrected chi connectivity index (χ4v) is 18.2. The highest BCUT2D eigenvalue weighted by Crippen LogP contribution is 2.24. The highest BCUT2D eigenvalue weighted by molar-refractivity contribution is 6.75. The van der Waals surface area contributed by atoms with Crippen LogP contribution in [0.3, 0.4) is 0 Å². The van der Waals surface area contributed by atoms with Gasteiger partial charge in [-0.15, -0.1) is 0 Å². The van der Waals surface area contributed by atoms with E-state index in [2.05, 4.69) is 26.2 Å². The summed E-state index contributed by atoms with van der Waals surface area (Å²) in [4.78, 5) is 0. The van der Waals surface area contributed by atoms with Crippen molar-refractivity contribution in [3.8, 4) is 0 Å². The lowest BCUT2D eigenvalue weighted by Gasteiger charge is -2.33. The summed E-state index contributed by atoms with van der Waals surface area (Å²) >= 11 is 0. The third-order valence-electron chi connectivity index (χ3n) is 4.68. The Labute approximate surface area is 166 Å². The first-order chi connectivity index (χ1) is 12.3. The van der Waals surface area contributed by atoms with Crippen molar-refractivity contribution >= 4 is 45.0 Å². The average Bonchev–Trinajstić information content (AvgIpc) is 2.57. The number of hydrogen-bond acceptors (Lipinski definition) is 7. The Morgan fingerprint density at radius 2 is 1.62 bits per heavy atom. The van der Waals surface area contributed by atoms with Gasteiger partial charge in [-0.05, 0) is 51.1 Å². The molecule has 0 aliphatic carbocycles. The second-order valence-electron chi connectivity index (χ2n) is 6.96. The van der Waals surface area contributed by atoms with E-state index in [4.69, 9.17) is 30.0 Å². The van der Waals surface area contributed by atoms with Gasteiger partial charge in [0.25, 0.3) is 18.6 Å². The minimum absolute atomic E-state index is 0.763. The van der Waals surface area contributed by atoms with Gasteiger partial charge in [0.1, 0.15) is 0 Å². The van der Waals surface area contributed by atoms with Crippen LogP contribution in [-0.4, -0.2) is 72.9 Å². The SMILES string of the molecule is CO[Si](CCC[Si]1(C)OCCCC[SiH](C)O[SiH](C)O[SiH](C)O1)(OC)OC. The quantitative estimate of drug-likeness (QED) is 0.542. The van der Waals surface area contributed by atoms with E-state index in [9.17, 15) is 0 Å². The third kappa shape index (κ3) is 8.87. The minimum atomic E-state index is -2.54. The van der Waals surface area contributed by atoms with Gasteiger partial charge in [-0.2, -0.15) is 0 Å². The Kier molecular flexibility index (Phi) is 11.8. The molecule has 4 unspecified atom stereocenters. The first kappa shape index (κ1) is 24.8. The lowest BCUT2D eigenvalue weighted by atomic mass is 10.4. The molecule has 0 N–H and O–H groups in total. The second kappa shape index (κ2) is 12.4. The highest BCUT2D eigenvalue weighted by Gasteiger charge is 2.40. The summed E-state index contributed by atoms with van der Waals surface area (Å²) in [6.07, 6.45) is 3.14. The van der Waals surface area contributed by atoms with Gasteiger partial charge in [0.15, 0.2) is 9.04 Å². The lowest BCUT2D eigenvalue weighted by molar-refractivity contribution is 0.123. The molecule has 1 aliphatic rings. The predicted octanol–water partition coefficient (Wildman–Crippen LogP) is 2.24. The molecule has 1 rings (SSSR count). The standard InChI is InChI=1S/C14H38O7Si5/c1-15-26(16-2,17-3)14-10-13-25(7)18-11-8-9-12-22(4)19-23(5)20-24(6)21-25/h22-24H,8-14H2,1-7H3. The van der Waals surface area contributed by atoms with Crippen LogP contribution >= 0.6 is 0 Å². The molecule has 156 valence electrons. The molecular formula is C14H38O7Si5. The molecule has 12 heteroatoms. The molecule has 26 heavy (non-hydrogen) atoms. The summed E-state index contributed by atoms with van der Waals surface area (Å²) < 4.78 is 41.6. The first-order valence-electron chi connectivity index (χ1n) is 9.56. The Bertz CT molecular complexity index is 382. The normalized spacial score (nSPS) is 32.7. The average molecular weight is 459 g/mol. The Morgan fingerprint density at radius 1 is 0.962 bits per heavy atom. The fourth-order valence-electron chi connectivity index (χ4n) is 3.25.